The second-order valence-electron chi connectivity index (χ2n) is 8.01. The van der Waals surface area contributed by atoms with E-state index in [2.05, 4.69) is 14.6 Å². The molecule has 188 valence electrons. The highest BCUT2D eigenvalue weighted by atomic mass is 32.2. The van der Waals surface area contributed by atoms with Crippen LogP contribution in [0.3, 0.4) is 0 Å². The van der Waals surface area contributed by atoms with Gasteiger partial charge in [0.2, 0.25) is 0 Å². The molecule has 0 radical (unpaired) electrons. The van der Waals surface area contributed by atoms with E-state index in [9.17, 15) is 27.5 Å². The largest absolute Gasteiger partial charge is 0.478 e. The first kappa shape index (κ1) is 25.1. The Morgan fingerprint density at radius 1 is 1.17 bits per heavy atom. The summed E-state index contributed by atoms with van der Waals surface area (Å²) in [4.78, 5) is 28.9. The molecule has 0 atom stereocenters. The van der Waals surface area contributed by atoms with Crippen molar-refractivity contribution in [3.05, 3.63) is 76.0 Å². The molecule has 2 aromatic heterocycles. The van der Waals surface area contributed by atoms with Gasteiger partial charge in [-0.2, -0.15) is 0 Å². The molecule has 2 aromatic carbocycles. The van der Waals surface area contributed by atoms with Crippen molar-refractivity contribution in [3.63, 3.8) is 0 Å². The molecule has 0 aliphatic rings. The number of hydrogen-bond donors (Lipinski definition) is 3. The smallest absolute Gasteiger partial charge is 0.340 e. The van der Waals surface area contributed by atoms with Crippen LogP contribution < -0.4 is 10.3 Å². The number of hydrogen-bond acceptors (Lipinski definition) is 6. The third-order valence-electron chi connectivity index (χ3n) is 5.88. The SMILES string of the molecule is CCN(CC)C/C=C\c1cc(F)ccc1S(=O)(=O)Nc1ccc2c([nH]c(=O)c3occc32)c1C(=O)O. The number of halogens is 1. The number of furan rings is 1. The Balaban J connectivity index is 1.79. The molecular weight excluding hydrogens is 489 g/mol. The van der Waals surface area contributed by atoms with Gasteiger partial charge >= 0.3 is 5.97 Å². The Bertz CT molecular complexity index is 1650. The first-order chi connectivity index (χ1) is 17.2. The van der Waals surface area contributed by atoms with Crippen molar-refractivity contribution in [2.75, 3.05) is 24.4 Å². The van der Waals surface area contributed by atoms with Crippen molar-refractivity contribution in [2.24, 2.45) is 0 Å². The second-order valence-corrected chi connectivity index (χ2v) is 9.66. The summed E-state index contributed by atoms with van der Waals surface area (Å²) in [6.45, 7) is 6.12. The minimum atomic E-state index is -4.34. The van der Waals surface area contributed by atoms with Crippen LogP contribution in [0.2, 0.25) is 0 Å². The van der Waals surface area contributed by atoms with Gasteiger partial charge in [-0.25, -0.2) is 17.6 Å². The molecule has 4 aromatic rings. The number of carbonyl (C=O) groups is 1. The number of carboxylic acid groups (broad SMARTS) is 1. The topological polar surface area (TPSA) is 133 Å². The number of rotatable bonds is 9. The molecule has 9 nitrogen and oxygen atoms in total. The van der Waals surface area contributed by atoms with E-state index < -0.39 is 32.9 Å². The number of aromatic amines is 1. The molecule has 4 rings (SSSR count). The van der Waals surface area contributed by atoms with E-state index in [-0.39, 0.29) is 27.2 Å². The van der Waals surface area contributed by atoms with E-state index >= 15 is 0 Å². The van der Waals surface area contributed by atoms with E-state index in [0.717, 1.165) is 31.3 Å². The number of aromatic nitrogens is 1. The summed E-state index contributed by atoms with van der Waals surface area (Å²) in [5, 5.41) is 10.7. The van der Waals surface area contributed by atoms with Gasteiger partial charge < -0.3 is 19.4 Å². The second kappa shape index (κ2) is 9.96. The lowest BCUT2D eigenvalue weighted by molar-refractivity contribution is 0.0700. The molecule has 0 aliphatic heterocycles. The van der Waals surface area contributed by atoms with Crippen molar-refractivity contribution in [2.45, 2.75) is 18.7 Å². The summed E-state index contributed by atoms with van der Waals surface area (Å²) in [5.74, 6) is -2.06. The number of carboxylic acids is 1. The number of nitrogens with one attached hydrogen (secondary N) is 2. The number of nitrogens with zero attached hydrogens (tertiary/aromatic N) is 1. The maximum atomic E-state index is 14.0. The fraction of sp³-hybridized carbons (Fsp3) is 0.200. The standard InChI is InChI=1S/C25H24FN3O6S/c1-3-29(4-2)12-5-6-15-14-16(26)7-10-20(15)36(33,34)28-19-9-8-17-18-11-13-35-23(18)24(30)27-22(17)21(19)25(31)32/h5-11,13-14,28H,3-4,12H2,1-2H3,(H,27,30)(H,31,32)/b6-5-. The number of fused-ring (bicyclic) bond motifs is 3. The molecule has 0 bridgehead atoms. The summed E-state index contributed by atoms with van der Waals surface area (Å²) in [5.41, 5.74) is -1.25. The highest BCUT2D eigenvalue weighted by Crippen LogP contribution is 2.31. The van der Waals surface area contributed by atoms with Crippen LogP contribution in [0.1, 0.15) is 29.8 Å². The highest BCUT2D eigenvalue weighted by molar-refractivity contribution is 7.92. The zero-order valence-corrected chi connectivity index (χ0v) is 20.4. The Morgan fingerprint density at radius 3 is 2.61 bits per heavy atom. The molecule has 3 N–H and O–H groups in total. The van der Waals surface area contributed by atoms with E-state index in [1.54, 1.807) is 6.08 Å². The van der Waals surface area contributed by atoms with Gasteiger partial charge in [-0.1, -0.05) is 32.1 Å². The normalized spacial score (nSPS) is 12.2. The third-order valence-corrected chi connectivity index (χ3v) is 7.32. The molecule has 11 heteroatoms. The lowest BCUT2D eigenvalue weighted by Gasteiger charge is -2.16. The van der Waals surface area contributed by atoms with E-state index in [1.165, 1.54) is 30.5 Å². The Kier molecular flexibility index (Phi) is 6.95. The van der Waals surface area contributed by atoms with Crippen molar-refractivity contribution in [1.82, 2.24) is 9.88 Å². The minimum absolute atomic E-state index is 0.0274. The summed E-state index contributed by atoms with van der Waals surface area (Å²) >= 11 is 0. The van der Waals surface area contributed by atoms with Crippen molar-refractivity contribution < 1.29 is 27.1 Å². The predicted octanol–water partition coefficient (Wildman–Crippen LogP) is 4.27. The zero-order chi connectivity index (χ0) is 26.0. The molecular formula is C25H24FN3O6S. The third kappa shape index (κ3) is 4.75. The van der Waals surface area contributed by atoms with Crippen molar-refractivity contribution >= 4 is 49.6 Å². The summed E-state index contributed by atoms with van der Waals surface area (Å²) in [6.07, 6.45) is 4.56. The molecule has 0 saturated carbocycles. The quantitative estimate of drug-likeness (QED) is 0.304. The van der Waals surface area contributed by atoms with Crippen molar-refractivity contribution in [1.29, 1.82) is 0 Å². The average molecular weight is 514 g/mol. The van der Waals surface area contributed by atoms with Crippen molar-refractivity contribution in [3.8, 4) is 0 Å². The van der Waals surface area contributed by atoms with Gasteiger partial charge in [0.25, 0.3) is 15.6 Å². The fourth-order valence-corrected chi connectivity index (χ4v) is 5.29. The minimum Gasteiger partial charge on any atom is -0.478 e. The molecule has 2 heterocycles. The number of benzene rings is 2. The van der Waals surface area contributed by atoms with E-state index in [1.807, 2.05) is 13.8 Å². The number of likely N-dealkylation sites (N-methyl/N-ethyl adjacent to an activating group) is 1. The lowest BCUT2D eigenvalue weighted by Crippen LogP contribution is -2.22. The summed E-state index contributed by atoms with van der Waals surface area (Å²) < 4.78 is 48.1. The van der Waals surface area contributed by atoms with Gasteiger partial charge in [0, 0.05) is 17.3 Å². The van der Waals surface area contributed by atoms with Crippen LogP contribution >= 0.6 is 0 Å². The van der Waals surface area contributed by atoms with Gasteiger partial charge in [-0.15, -0.1) is 0 Å². The lowest BCUT2D eigenvalue weighted by atomic mass is 10.1. The monoisotopic (exact) mass is 513 g/mol. The van der Waals surface area contributed by atoms with Gasteiger partial charge in [-0.05, 0) is 49.0 Å². The maximum Gasteiger partial charge on any atom is 0.340 e. The zero-order valence-electron chi connectivity index (χ0n) is 19.5. The van der Waals surface area contributed by atoms with Gasteiger partial charge in [0.15, 0.2) is 5.58 Å². The molecule has 0 unspecified atom stereocenters. The number of aromatic carboxylic acids is 1. The van der Waals surface area contributed by atoms with Gasteiger partial charge in [0.05, 0.1) is 22.4 Å². The fourth-order valence-electron chi connectivity index (χ4n) is 4.04. The Morgan fingerprint density at radius 2 is 1.92 bits per heavy atom. The number of sulfonamides is 1. The van der Waals surface area contributed by atoms with Gasteiger partial charge in [0.1, 0.15) is 11.4 Å². The first-order valence-electron chi connectivity index (χ1n) is 11.2. The van der Waals surface area contributed by atoms with Crippen LogP contribution in [0.25, 0.3) is 27.9 Å². The van der Waals surface area contributed by atoms with Crippen LogP contribution in [-0.2, 0) is 10.0 Å². The first-order valence-corrected chi connectivity index (χ1v) is 12.6. The molecule has 0 aliphatic carbocycles. The number of anilines is 1. The van der Waals surface area contributed by atoms with Gasteiger partial charge in [-0.3, -0.25) is 9.52 Å². The number of pyridine rings is 1. The molecule has 0 spiro atoms. The highest BCUT2D eigenvalue weighted by Gasteiger charge is 2.24. The molecule has 0 saturated heterocycles. The van der Waals surface area contributed by atoms with Crippen LogP contribution in [-0.4, -0.2) is 49.0 Å². The summed E-state index contributed by atoms with van der Waals surface area (Å²) in [7, 11) is -4.34. The predicted molar refractivity (Wildman–Crippen MR) is 135 cm³/mol. The maximum absolute atomic E-state index is 14.0. The van der Waals surface area contributed by atoms with Crippen LogP contribution in [0.4, 0.5) is 10.1 Å². The Hall–Kier alpha value is -3.96. The van der Waals surface area contributed by atoms with E-state index in [4.69, 9.17) is 4.42 Å². The van der Waals surface area contributed by atoms with Crippen LogP contribution in [0.15, 0.2) is 62.8 Å². The van der Waals surface area contributed by atoms with E-state index in [0.29, 0.717) is 17.3 Å². The van der Waals surface area contributed by atoms with Crippen LogP contribution in [0, 0.1) is 5.82 Å². The molecule has 36 heavy (non-hydrogen) atoms. The molecule has 0 fully saturated rings. The average Bonchev–Trinajstić information content (AvgIpc) is 3.32. The number of H-pyrrole nitrogens is 1. The summed E-state index contributed by atoms with van der Waals surface area (Å²) in [6, 6.07) is 7.54. The molecule has 0 amide bonds. The van der Waals surface area contributed by atoms with Crippen LogP contribution in [0.5, 0.6) is 0 Å². The Labute approximate surface area is 205 Å².